The first-order valence-corrected chi connectivity index (χ1v) is 5.94. The highest BCUT2D eigenvalue weighted by molar-refractivity contribution is 5.90. The average molecular weight is 255 g/mol. The number of carboxylic acids is 1. The summed E-state index contributed by atoms with van der Waals surface area (Å²) in [6.45, 7) is 4.11. The molecule has 0 aliphatic heterocycles. The first-order chi connectivity index (χ1) is 9.06. The second-order valence-electron chi connectivity index (χ2n) is 4.61. The van der Waals surface area contributed by atoms with E-state index in [4.69, 9.17) is 5.11 Å². The van der Waals surface area contributed by atoms with Gasteiger partial charge in [0, 0.05) is 22.2 Å². The fraction of sp³-hybridized carbons (Fsp3) is 0.143. The molecule has 1 aromatic carbocycles. The summed E-state index contributed by atoms with van der Waals surface area (Å²) in [5.41, 5.74) is 5.01. The number of aromatic amines is 2. The first kappa shape index (κ1) is 11.5. The molecule has 0 radical (unpaired) electrons. The van der Waals surface area contributed by atoms with Gasteiger partial charge in [0.25, 0.3) is 0 Å². The van der Waals surface area contributed by atoms with Crippen molar-refractivity contribution in [2.75, 3.05) is 0 Å². The molecule has 3 rings (SSSR count). The second-order valence-corrected chi connectivity index (χ2v) is 4.61. The fourth-order valence-electron chi connectivity index (χ4n) is 2.21. The van der Waals surface area contributed by atoms with Crippen molar-refractivity contribution < 1.29 is 9.90 Å². The number of aromatic nitrogens is 3. The summed E-state index contributed by atoms with van der Waals surface area (Å²) in [5.74, 6) is -1.01. The highest BCUT2D eigenvalue weighted by Gasteiger charge is 2.11. The predicted molar refractivity (Wildman–Crippen MR) is 72.3 cm³/mol. The molecule has 19 heavy (non-hydrogen) atoms. The molecule has 5 heteroatoms. The van der Waals surface area contributed by atoms with Gasteiger partial charge < -0.3 is 10.1 Å². The van der Waals surface area contributed by atoms with E-state index in [0.717, 1.165) is 16.8 Å². The molecule has 0 unspecified atom stereocenters. The number of H-pyrrole nitrogens is 2. The third-order valence-corrected chi connectivity index (χ3v) is 3.41. The summed E-state index contributed by atoms with van der Waals surface area (Å²) in [6, 6.07) is 7.49. The van der Waals surface area contributed by atoms with Gasteiger partial charge in [-0.3, -0.25) is 5.10 Å². The molecule has 0 aliphatic carbocycles. The topological polar surface area (TPSA) is 81.8 Å². The van der Waals surface area contributed by atoms with Crippen LogP contribution in [0.15, 0.2) is 24.3 Å². The minimum Gasteiger partial charge on any atom is -0.477 e. The van der Waals surface area contributed by atoms with Gasteiger partial charge in [-0.1, -0.05) is 12.1 Å². The quantitative estimate of drug-likeness (QED) is 0.658. The second kappa shape index (κ2) is 3.98. The van der Waals surface area contributed by atoms with Crippen LogP contribution < -0.4 is 0 Å². The van der Waals surface area contributed by atoms with Crippen LogP contribution >= 0.6 is 0 Å². The normalized spacial score (nSPS) is 11.1. The molecular weight excluding hydrogens is 242 g/mol. The van der Waals surface area contributed by atoms with Crippen LogP contribution in [0.3, 0.4) is 0 Å². The Hall–Kier alpha value is -2.56. The number of aryl methyl sites for hydroxylation is 2. The van der Waals surface area contributed by atoms with Gasteiger partial charge in [-0.05, 0) is 31.5 Å². The van der Waals surface area contributed by atoms with E-state index < -0.39 is 5.97 Å². The van der Waals surface area contributed by atoms with Gasteiger partial charge in [0.1, 0.15) is 5.69 Å². The van der Waals surface area contributed by atoms with Gasteiger partial charge in [0.05, 0.1) is 5.69 Å². The minimum absolute atomic E-state index is 0.0916. The van der Waals surface area contributed by atoms with Crippen molar-refractivity contribution in [1.82, 2.24) is 15.2 Å². The van der Waals surface area contributed by atoms with Gasteiger partial charge in [0.2, 0.25) is 0 Å². The molecule has 0 spiro atoms. The van der Waals surface area contributed by atoms with Crippen LogP contribution in [0.2, 0.25) is 0 Å². The molecule has 0 bridgehead atoms. The first-order valence-electron chi connectivity index (χ1n) is 5.94. The summed E-state index contributed by atoms with van der Waals surface area (Å²) in [7, 11) is 0. The number of hydrogen-bond donors (Lipinski definition) is 3. The van der Waals surface area contributed by atoms with E-state index in [1.54, 1.807) is 0 Å². The third kappa shape index (κ3) is 1.79. The summed E-state index contributed by atoms with van der Waals surface area (Å²) in [4.78, 5) is 14.1. The van der Waals surface area contributed by atoms with Gasteiger partial charge >= 0.3 is 5.97 Å². The van der Waals surface area contributed by atoms with Crippen LogP contribution in [0.5, 0.6) is 0 Å². The van der Waals surface area contributed by atoms with E-state index in [1.165, 1.54) is 17.0 Å². The fourth-order valence-corrected chi connectivity index (χ4v) is 2.21. The largest absolute Gasteiger partial charge is 0.477 e. The summed E-state index contributed by atoms with van der Waals surface area (Å²) < 4.78 is 0. The number of fused-ring (bicyclic) bond motifs is 1. The summed E-state index contributed by atoms with van der Waals surface area (Å²) in [5, 5.41) is 16.6. The number of carbonyl (C=O) groups is 1. The molecule has 5 nitrogen and oxygen atoms in total. The number of aromatic carboxylic acids is 1. The van der Waals surface area contributed by atoms with E-state index >= 15 is 0 Å². The average Bonchev–Trinajstić information content (AvgIpc) is 2.96. The molecular formula is C14H13N3O2. The predicted octanol–water partition coefficient (Wildman–Crippen LogP) is 2.87. The molecule has 0 saturated carbocycles. The summed E-state index contributed by atoms with van der Waals surface area (Å²) in [6.07, 6.45) is 0. The maximum absolute atomic E-state index is 10.8. The maximum Gasteiger partial charge on any atom is 0.353 e. The van der Waals surface area contributed by atoms with Crippen molar-refractivity contribution in [3.05, 3.63) is 41.2 Å². The van der Waals surface area contributed by atoms with Crippen LogP contribution in [0.1, 0.15) is 21.7 Å². The van der Waals surface area contributed by atoms with Crippen molar-refractivity contribution in [2.45, 2.75) is 13.8 Å². The van der Waals surface area contributed by atoms with Crippen molar-refractivity contribution in [3.63, 3.8) is 0 Å². The lowest BCUT2D eigenvalue weighted by Crippen LogP contribution is -1.95. The van der Waals surface area contributed by atoms with Crippen molar-refractivity contribution in [1.29, 1.82) is 0 Å². The van der Waals surface area contributed by atoms with Gasteiger partial charge in [-0.25, -0.2) is 4.79 Å². The van der Waals surface area contributed by atoms with Crippen LogP contribution in [0.4, 0.5) is 0 Å². The van der Waals surface area contributed by atoms with E-state index in [1.807, 2.05) is 25.1 Å². The van der Waals surface area contributed by atoms with Crippen LogP contribution in [-0.4, -0.2) is 26.3 Å². The zero-order valence-corrected chi connectivity index (χ0v) is 10.6. The number of nitrogens with one attached hydrogen (secondary N) is 2. The molecule has 3 aromatic rings. The Morgan fingerprint density at radius 2 is 2.05 bits per heavy atom. The third-order valence-electron chi connectivity index (χ3n) is 3.41. The van der Waals surface area contributed by atoms with E-state index in [2.05, 4.69) is 22.1 Å². The lowest BCUT2D eigenvalue weighted by molar-refractivity contribution is 0.0690. The molecule has 0 amide bonds. The maximum atomic E-state index is 10.8. The van der Waals surface area contributed by atoms with Crippen LogP contribution in [0.25, 0.3) is 22.2 Å². The zero-order valence-electron chi connectivity index (χ0n) is 10.6. The van der Waals surface area contributed by atoms with Crippen LogP contribution in [0, 0.1) is 13.8 Å². The molecule has 96 valence electrons. The van der Waals surface area contributed by atoms with Crippen molar-refractivity contribution in [3.8, 4) is 11.3 Å². The zero-order chi connectivity index (χ0) is 13.6. The summed E-state index contributed by atoms with van der Waals surface area (Å²) >= 11 is 0. The smallest absolute Gasteiger partial charge is 0.353 e. The van der Waals surface area contributed by atoms with Crippen molar-refractivity contribution >= 4 is 16.9 Å². The molecule has 2 heterocycles. The molecule has 0 saturated heterocycles. The Bertz CT molecular complexity index is 783. The highest BCUT2D eigenvalue weighted by atomic mass is 16.4. The van der Waals surface area contributed by atoms with Gasteiger partial charge in [-0.15, -0.1) is 0 Å². The lowest BCUT2D eigenvalue weighted by Gasteiger charge is -1.97. The Balaban J connectivity index is 2.12. The molecule has 0 fully saturated rings. The SMILES string of the molecule is Cc1[nH]c2cc(-c3cc(C(=O)O)[nH]n3)ccc2c1C. The number of benzene rings is 1. The molecule has 0 atom stereocenters. The number of nitrogens with zero attached hydrogens (tertiary/aromatic N) is 1. The Kier molecular flexibility index (Phi) is 2.41. The van der Waals surface area contributed by atoms with E-state index in [0.29, 0.717) is 5.69 Å². The number of rotatable bonds is 2. The van der Waals surface area contributed by atoms with Gasteiger partial charge in [-0.2, -0.15) is 5.10 Å². The van der Waals surface area contributed by atoms with Crippen molar-refractivity contribution in [2.24, 2.45) is 0 Å². The Labute approximate surface area is 109 Å². The van der Waals surface area contributed by atoms with Gasteiger partial charge in [0.15, 0.2) is 0 Å². The Morgan fingerprint density at radius 3 is 2.74 bits per heavy atom. The Morgan fingerprint density at radius 1 is 1.26 bits per heavy atom. The van der Waals surface area contributed by atoms with E-state index in [-0.39, 0.29) is 5.69 Å². The lowest BCUT2D eigenvalue weighted by atomic mass is 10.1. The molecule has 2 aromatic heterocycles. The standard InChI is InChI=1S/C14H13N3O2/c1-7-8(2)15-12-5-9(3-4-10(7)12)11-6-13(14(18)19)17-16-11/h3-6,15H,1-2H3,(H,16,17)(H,18,19). The molecule has 3 N–H and O–H groups in total. The number of hydrogen-bond acceptors (Lipinski definition) is 2. The highest BCUT2D eigenvalue weighted by Crippen LogP contribution is 2.26. The van der Waals surface area contributed by atoms with E-state index in [9.17, 15) is 4.79 Å². The molecule has 0 aliphatic rings. The monoisotopic (exact) mass is 255 g/mol. The number of carboxylic acid groups (broad SMARTS) is 1. The van der Waals surface area contributed by atoms with Crippen LogP contribution in [-0.2, 0) is 0 Å². The minimum atomic E-state index is -1.01.